The highest BCUT2D eigenvalue weighted by atomic mass is 16.5. The Bertz CT molecular complexity index is 400. The Morgan fingerprint density at radius 3 is 2.94 bits per heavy atom. The van der Waals surface area contributed by atoms with Crippen molar-refractivity contribution in [3.8, 4) is 6.07 Å². The van der Waals surface area contributed by atoms with Crippen LogP contribution in [0.2, 0.25) is 0 Å². The van der Waals surface area contributed by atoms with E-state index in [1.807, 2.05) is 24.0 Å². The zero-order chi connectivity index (χ0) is 13.4. The van der Waals surface area contributed by atoms with E-state index in [4.69, 9.17) is 15.7 Å². The minimum Gasteiger partial charge on any atom is -0.383 e. The second kappa shape index (κ2) is 7.64. The van der Waals surface area contributed by atoms with Gasteiger partial charge in [0.1, 0.15) is 5.82 Å². The Labute approximate surface area is 108 Å². The molecule has 0 bridgehead atoms. The van der Waals surface area contributed by atoms with Crippen LogP contribution in [0.3, 0.4) is 0 Å². The number of nitriles is 1. The average molecular weight is 248 g/mol. The topological polar surface area (TPSA) is 75.2 Å². The van der Waals surface area contributed by atoms with Crippen molar-refractivity contribution in [2.45, 2.75) is 19.4 Å². The number of nitrogens with zero attached hydrogens (tertiary/aromatic N) is 3. The van der Waals surface area contributed by atoms with Crippen molar-refractivity contribution in [3.05, 3.63) is 23.9 Å². The fourth-order valence-electron chi connectivity index (χ4n) is 1.62. The van der Waals surface area contributed by atoms with E-state index in [9.17, 15) is 0 Å². The number of methoxy groups -OCH3 is 1. The Morgan fingerprint density at radius 2 is 2.33 bits per heavy atom. The van der Waals surface area contributed by atoms with E-state index in [0.717, 1.165) is 11.4 Å². The van der Waals surface area contributed by atoms with Gasteiger partial charge in [-0.15, -0.1) is 0 Å². The third kappa shape index (κ3) is 4.32. The summed E-state index contributed by atoms with van der Waals surface area (Å²) in [7, 11) is 1.66. The Hall–Kier alpha value is -1.64. The lowest BCUT2D eigenvalue weighted by atomic mass is 10.1. The Morgan fingerprint density at radius 1 is 1.56 bits per heavy atom. The van der Waals surface area contributed by atoms with E-state index in [1.165, 1.54) is 0 Å². The SMILES string of the molecule is COCCN(CCC#N)c1cc([C@H](C)N)ccn1. The molecule has 2 N–H and O–H groups in total. The summed E-state index contributed by atoms with van der Waals surface area (Å²) < 4.78 is 5.07. The highest BCUT2D eigenvalue weighted by molar-refractivity contribution is 5.41. The standard InChI is InChI=1S/C13H20N4O/c1-11(15)12-4-6-16-13(10-12)17(7-3-5-14)8-9-18-2/h4,6,10-11H,3,7-9,15H2,1-2H3/t11-/m0/s1. The van der Waals surface area contributed by atoms with Crippen LogP contribution in [0.5, 0.6) is 0 Å². The van der Waals surface area contributed by atoms with Crippen molar-refractivity contribution in [1.29, 1.82) is 5.26 Å². The second-order valence-corrected chi connectivity index (χ2v) is 4.12. The van der Waals surface area contributed by atoms with Crippen LogP contribution in [0.4, 0.5) is 5.82 Å². The van der Waals surface area contributed by atoms with Gasteiger partial charge in [-0.1, -0.05) is 0 Å². The highest BCUT2D eigenvalue weighted by Gasteiger charge is 2.09. The van der Waals surface area contributed by atoms with Crippen molar-refractivity contribution in [1.82, 2.24) is 4.98 Å². The van der Waals surface area contributed by atoms with Gasteiger partial charge in [0.05, 0.1) is 19.1 Å². The molecule has 0 fully saturated rings. The molecule has 1 aromatic heterocycles. The first-order chi connectivity index (χ1) is 8.69. The molecule has 0 aliphatic carbocycles. The normalized spacial score (nSPS) is 11.9. The minimum atomic E-state index is -0.0213. The molecule has 98 valence electrons. The third-order valence-electron chi connectivity index (χ3n) is 2.68. The smallest absolute Gasteiger partial charge is 0.128 e. The molecule has 0 saturated heterocycles. The first-order valence-electron chi connectivity index (χ1n) is 6.01. The first kappa shape index (κ1) is 14.4. The van der Waals surface area contributed by atoms with Crippen LogP contribution in [-0.4, -0.2) is 31.8 Å². The summed E-state index contributed by atoms with van der Waals surface area (Å²) in [5, 5.41) is 8.68. The first-order valence-corrected chi connectivity index (χ1v) is 6.01. The van der Waals surface area contributed by atoms with E-state index >= 15 is 0 Å². The lowest BCUT2D eigenvalue weighted by Crippen LogP contribution is -2.29. The summed E-state index contributed by atoms with van der Waals surface area (Å²) in [5.74, 6) is 0.845. The number of pyridine rings is 1. The fraction of sp³-hybridized carbons (Fsp3) is 0.538. The zero-order valence-electron chi connectivity index (χ0n) is 11.0. The van der Waals surface area contributed by atoms with E-state index in [-0.39, 0.29) is 6.04 Å². The van der Waals surface area contributed by atoms with Crippen LogP contribution in [0.1, 0.15) is 24.9 Å². The van der Waals surface area contributed by atoms with Gasteiger partial charge in [-0.05, 0) is 24.6 Å². The minimum absolute atomic E-state index is 0.0213. The number of aromatic nitrogens is 1. The Kier molecular flexibility index (Phi) is 6.12. The highest BCUT2D eigenvalue weighted by Crippen LogP contribution is 2.16. The van der Waals surface area contributed by atoms with Crippen LogP contribution in [0.15, 0.2) is 18.3 Å². The summed E-state index contributed by atoms with van der Waals surface area (Å²) in [4.78, 5) is 6.37. The summed E-state index contributed by atoms with van der Waals surface area (Å²) in [6, 6.07) is 6.01. The molecule has 18 heavy (non-hydrogen) atoms. The largest absolute Gasteiger partial charge is 0.383 e. The van der Waals surface area contributed by atoms with Gasteiger partial charge in [-0.25, -0.2) is 4.98 Å². The van der Waals surface area contributed by atoms with Gasteiger partial charge >= 0.3 is 0 Å². The maximum atomic E-state index is 8.68. The van der Waals surface area contributed by atoms with Crippen LogP contribution < -0.4 is 10.6 Å². The maximum absolute atomic E-state index is 8.68. The number of ether oxygens (including phenoxy) is 1. The van der Waals surface area contributed by atoms with Gasteiger partial charge in [-0.2, -0.15) is 5.26 Å². The molecule has 0 saturated carbocycles. The molecule has 1 atom stereocenters. The average Bonchev–Trinajstić information content (AvgIpc) is 2.39. The lowest BCUT2D eigenvalue weighted by molar-refractivity contribution is 0.205. The molecule has 0 spiro atoms. The molecule has 5 nitrogen and oxygen atoms in total. The third-order valence-corrected chi connectivity index (χ3v) is 2.68. The quantitative estimate of drug-likeness (QED) is 0.790. The van der Waals surface area contributed by atoms with E-state index < -0.39 is 0 Å². The summed E-state index contributed by atoms with van der Waals surface area (Å²) in [5.41, 5.74) is 6.90. The molecule has 0 radical (unpaired) electrons. The predicted molar refractivity (Wildman–Crippen MR) is 71.2 cm³/mol. The number of rotatable bonds is 7. The molecule has 0 amide bonds. The zero-order valence-corrected chi connectivity index (χ0v) is 11.0. The van der Waals surface area contributed by atoms with Crippen molar-refractivity contribution in [2.24, 2.45) is 5.73 Å². The molecule has 1 rings (SSSR count). The van der Waals surface area contributed by atoms with E-state index in [0.29, 0.717) is 26.1 Å². The number of hydrogen-bond acceptors (Lipinski definition) is 5. The molecule has 1 heterocycles. The molecule has 0 aromatic carbocycles. The lowest BCUT2D eigenvalue weighted by Gasteiger charge is -2.23. The summed E-state index contributed by atoms with van der Waals surface area (Å²) in [6.07, 6.45) is 2.22. The van der Waals surface area contributed by atoms with Crippen LogP contribution in [0, 0.1) is 11.3 Å². The van der Waals surface area contributed by atoms with Gasteiger partial charge < -0.3 is 15.4 Å². The molecule has 1 aromatic rings. The van der Waals surface area contributed by atoms with Gasteiger partial charge in [0.25, 0.3) is 0 Å². The molecular formula is C13H20N4O. The summed E-state index contributed by atoms with van der Waals surface area (Å²) in [6.45, 7) is 3.91. The van der Waals surface area contributed by atoms with E-state index in [2.05, 4.69) is 11.1 Å². The molecular weight excluding hydrogens is 228 g/mol. The summed E-state index contributed by atoms with van der Waals surface area (Å²) >= 11 is 0. The number of nitrogens with two attached hydrogens (primary N) is 1. The van der Waals surface area contributed by atoms with Gasteiger partial charge in [0, 0.05) is 32.4 Å². The van der Waals surface area contributed by atoms with Crippen molar-refractivity contribution < 1.29 is 4.74 Å². The van der Waals surface area contributed by atoms with Crippen molar-refractivity contribution >= 4 is 5.82 Å². The number of anilines is 1. The maximum Gasteiger partial charge on any atom is 0.128 e. The van der Waals surface area contributed by atoms with Gasteiger partial charge in [0.15, 0.2) is 0 Å². The van der Waals surface area contributed by atoms with Crippen molar-refractivity contribution in [3.63, 3.8) is 0 Å². The monoisotopic (exact) mass is 248 g/mol. The molecule has 0 unspecified atom stereocenters. The van der Waals surface area contributed by atoms with Crippen LogP contribution >= 0.6 is 0 Å². The predicted octanol–water partition coefficient (Wildman–Crippen LogP) is 1.47. The van der Waals surface area contributed by atoms with Gasteiger partial charge in [0.2, 0.25) is 0 Å². The van der Waals surface area contributed by atoms with Crippen molar-refractivity contribution in [2.75, 3.05) is 31.7 Å². The van der Waals surface area contributed by atoms with Crippen LogP contribution in [-0.2, 0) is 4.74 Å². The van der Waals surface area contributed by atoms with E-state index in [1.54, 1.807) is 13.3 Å². The molecule has 5 heteroatoms. The molecule has 0 aliphatic heterocycles. The van der Waals surface area contributed by atoms with Gasteiger partial charge in [-0.3, -0.25) is 0 Å². The fourth-order valence-corrected chi connectivity index (χ4v) is 1.62. The molecule has 0 aliphatic rings. The number of hydrogen-bond donors (Lipinski definition) is 1. The van der Waals surface area contributed by atoms with Crippen LogP contribution in [0.25, 0.3) is 0 Å². The second-order valence-electron chi connectivity index (χ2n) is 4.12. The Balaban J connectivity index is 2.82.